The molecule has 0 aromatic heterocycles. The van der Waals surface area contributed by atoms with Crippen LogP contribution < -0.4 is 15.4 Å². The number of benzene rings is 1. The summed E-state index contributed by atoms with van der Waals surface area (Å²) in [6.07, 6.45) is 3.21. The maximum Gasteiger partial charge on any atom is 0.321 e. The van der Waals surface area contributed by atoms with Gasteiger partial charge >= 0.3 is 6.03 Å². The summed E-state index contributed by atoms with van der Waals surface area (Å²) in [5.74, 6) is 0.782. The van der Waals surface area contributed by atoms with E-state index in [2.05, 4.69) is 17.6 Å². The van der Waals surface area contributed by atoms with Crippen LogP contribution in [0.3, 0.4) is 0 Å². The Morgan fingerprint density at radius 3 is 2.92 bits per heavy atom. The minimum Gasteiger partial charge on any atom is -0.494 e. The first-order chi connectivity index (χ1) is 11.6. The lowest BCUT2D eigenvalue weighted by molar-refractivity contribution is -0.121. The quantitative estimate of drug-likeness (QED) is 0.841. The summed E-state index contributed by atoms with van der Waals surface area (Å²) in [6.45, 7) is 5.79. The molecular weight excluding hydrogens is 306 g/mol. The molecule has 2 rings (SSSR count). The number of ether oxygens (including phenoxy) is 1. The molecular formula is C18H27N3O3. The molecule has 1 fully saturated rings. The van der Waals surface area contributed by atoms with Gasteiger partial charge in [-0.15, -0.1) is 0 Å². The molecule has 1 unspecified atom stereocenters. The zero-order valence-electron chi connectivity index (χ0n) is 14.5. The van der Waals surface area contributed by atoms with E-state index in [-0.39, 0.29) is 18.0 Å². The molecule has 0 aliphatic carbocycles. The zero-order chi connectivity index (χ0) is 17.4. The topological polar surface area (TPSA) is 70.7 Å². The minimum absolute atomic E-state index is 0.0306. The van der Waals surface area contributed by atoms with Crippen molar-refractivity contribution in [3.8, 4) is 5.75 Å². The maximum absolute atomic E-state index is 12.5. The van der Waals surface area contributed by atoms with Gasteiger partial charge < -0.3 is 20.3 Å². The third-order valence-corrected chi connectivity index (χ3v) is 3.95. The summed E-state index contributed by atoms with van der Waals surface area (Å²) in [6, 6.07) is 7.31. The number of hydrogen-bond acceptors (Lipinski definition) is 3. The fourth-order valence-electron chi connectivity index (χ4n) is 2.70. The van der Waals surface area contributed by atoms with Crippen molar-refractivity contribution in [2.75, 3.05) is 25.0 Å². The van der Waals surface area contributed by atoms with Gasteiger partial charge in [0, 0.05) is 37.3 Å². The van der Waals surface area contributed by atoms with E-state index in [1.807, 2.05) is 31.2 Å². The second-order valence-electron chi connectivity index (χ2n) is 6.01. The first-order valence-electron chi connectivity index (χ1n) is 8.70. The summed E-state index contributed by atoms with van der Waals surface area (Å²) in [7, 11) is 0. The van der Waals surface area contributed by atoms with Gasteiger partial charge in [-0.3, -0.25) is 4.79 Å². The largest absolute Gasteiger partial charge is 0.494 e. The van der Waals surface area contributed by atoms with Crippen molar-refractivity contribution < 1.29 is 14.3 Å². The highest BCUT2D eigenvalue weighted by atomic mass is 16.5. The summed E-state index contributed by atoms with van der Waals surface area (Å²) in [5.41, 5.74) is 0.716. The lowest BCUT2D eigenvalue weighted by Gasteiger charge is -2.33. The van der Waals surface area contributed by atoms with Gasteiger partial charge in [-0.2, -0.15) is 0 Å². The number of rotatable bonds is 6. The Morgan fingerprint density at radius 1 is 1.33 bits per heavy atom. The Balaban J connectivity index is 1.90. The number of amides is 3. The van der Waals surface area contributed by atoms with Crippen LogP contribution in [0.15, 0.2) is 24.3 Å². The molecule has 0 saturated carbocycles. The molecule has 6 nitrogen and oxygen atoms in total. The van der Waals surface area contributed by atoms with Crippen LogP contribution in [0.1, 0.15) is 39.5 Å². The molecule has 0 spiro atoms. The maximum atomic E-state index is 12.5. The number of urea groups is 1. The summed E-state index contributed by atoms with van der Waals surface area (Å²) < 4.78 is 5.58. The fourth-order valence-corrected chi connectivity index (χ4v) is 2.70. The van der Waals surface area contributed by atoms with E-state index in [1.54, 1.807) is 4.90 Å². The minimum atomic E-state index is -0.141. The van der Waals surface area contributed by atoms with E-state index in [4.69, 9.17) is 4.74 Å². The molecule has 1 aliphatic rings. The number of likely N-dealkylation sites (tertiary alicyclic amines) is 1. The molecule has 0 radical (unpaired) electrons. The van der Waals surface area contributed by atoms with Gasteiger partial charge in [0.05, 0.1) is 6.61 Å². The predicted molar refractivity (Wildman–Crippen MR) is 94.3 cm³/mol. The van der Waals surface area contributed by atoms with Crippen LogP contribution in [0.2, 0.25) is 0 Å². The number of nitrogens with zero attached hydrogens (tertiary/aromatic N) is 1. The predicted octanol–water partition coefficient (Wildman–Crippen LogP) is 3.00. The number of anilines is 1. The van der Waals surface area contributed by atoms with Crippen LogP contribution in [0.25, 0.3) is 0 Å². The molecule has 24 heavy (non-hydrogen) atoms. The van der Waals surface area contributed by atoms with Crippen molar-refractivity contribution in [2.24, 2.45) is 0 Å². The first kappa shape index (κ1) is 18.1. The van der Waals surface area contributed by atoms with E-state index in [0.717, 1.165) is 25.0 Å². The molecule has 1 aromatic carbocycles. The smallest absolute Gasteiger partial charge is 0.321 e. The van der Waals surface area contributed by atoms with Gasteiger partial charge in [0.25, 0.3) is 0 Å². The van der Waals surface area contributed by atoms with E-state index in [0.29, 0.717) is 31.8 Å². The molecule has 1 heterocycles. The van der Waals surface area contributed by atoms with E-state index < -0.39 is 0 Å². The van der Waals surface area contributed by atoms with E-state index in [1.165, 1.54) is 0 Å². The Kier molecular flexibility index (Phi) is 6.90. The van der Waals surface area contributed by atoms with Crippen LogP contribution in [-0.4, -0.2) is 42.6 Å². The van der Waals surface area contributed by atoms with Crippen LogP contribution in [0.4, 0.5) is 10.5 Å². The van der Waals surface area contributed by atoms with Crippen molar-refractivity contribution in [3.05, 3.63) is 24.3 Å². The monoisotopic (exact) mass is 333 g/mol. The van der Waals surface area contributed by atoms with Crippen molar-refractivity contribution in [2.45, 2.75) is 45.6 Å². The molecule has 1 aromatic rings. The number of hydrogen-bond donors (Lipinski definition) is 2. The Morgan fingerprint density at radius 2 is 2.17 bits per heavy atom. The average molecular weight is 333 g/mol. The van der Waals surface area contributed by atoms with Gasteiger partial charge in [0.2, 0.25) is 5.91 Å². The normalized spacial score (nSPS) is 17.2. The molecule has 132 valence electrons. The van der Waals surface area contributed by atoms with Gasteiger partial charge in [-0.1, -0.05) is 19.9 Å². The third-order valence-electron chi connectivity index (χ3n) is 3.95. The lowest BCUT2D eigenvalue weighted by Crippen LogP contribution is -2.50. The SMILES string of the molecule is CCCOc1cccc(NC(=O)N2CCCC(NC(=O)CC)C2)c1. The first-order valence-corrected chi connectivity index (χ1v) is 8.70. The summed E-state index contributed by atoms with van der Waals surface area (Å²) in [4.78, 5) is 25.7. The molecule has 1 atom stereocenters. The molecule has 3 amide bonds. The second-order valence-corrected chi connectivity index (χ2v) is 6.01. The number of carbonyl (C=O) groups is 2. The highest BCUT2D eigenvalue weighted by Crippen LogP contribution is 2.19. The van der Waals surface area contributed by atoms with Crippen LogP contribution >= 0.6 is 0 Å². The number of piperidine rings is 1. The second kappa shape index (κ2) is 9.15. The third kappa shape index (κ3) is 5.44. The zero-order valence-corrected chi connectivity index (χ0v) is 14.5. The van der Waals surface area contributed by atoms with Crippen molar-refractivity contribution in [3.63, 3.8) is 0 Å². The summed E-state index contributed by atoms with van der Waals surface area (Å²) in [5, 5.41) is 5.88. The van der Waals surface area contributed by atoms with E-state index >= 15 is 0 Å². The van der Waals surface area contributed by atoms with Gasteiger partial charge in [-0.05, 0) is 31.4 Å². The molecule has 6 heteroatoms. The number of carbonyl (C=O) groups excluding carboxylic acids is 2. The standard InChI is InChI=1S/C18H27N3O3/c1-3-11-24-16-9-5-7-14(12-16)20-18(23)21-10-6-8-15(13-21)19-17(22)4-2/h5,7,9,12,15H,3-4,6,8,10-11,13H2,1-2H3,(H,19,22)(H,20,23). The summed E-state index contributed by atoms with van der Waals surface area (Å²) >= 11 is 0. The van der Waals surface area contributed by atoms with Crippen molar-refractivity contribution in [1.29, 1.82) is 0 Å². The van der Waals surface area contributed by atoms with Crippen LogP contribution in [0.5, 0.6) is 5.75 Å². The highest BCUT2D eigenvalue weighted by Gasteiger charge is 2.24. The van der Waals surface area contributed by atoms with Gasteiger partial charge in [0.1, 0.15) is 5.75 Å². The Hall–Kier alpha value is -2.24. The Labute approximate surface area is 143 Å². The van der Waals surface area contributed by atoms with Crippen molar-refractivity contribution >= 4 is 17.6 Å². The molecule has 1 saturated heterocycles. The average Bonchev–Trinajstić information content (AvgIpc) is 2.60. The Bertz CT molecular complexity index is 562. The van der Waals surface area contributed by atoms with Gasteiger partial charge in [0.15, 0.2) is 0 Å². The fraction of sp³-hybridized carbons (Fsp3) is 0.556. The van der Waals surface area contributed by atoms with E-state index in [9.17, 15) is 9.59 Å². The lowest BCUT2D eigenvalue weighted by atomic mass is 10.1. The van der Waals surface area contributed by atoms with Gasteiger partial charge in [-0.25, -0.2) is 4.79 Å². The highest BCUT2D eigenvalue weighted by molar-refractivity contribution is 5.89. The molecule has 2 N–H and O–H groups in total. The molecule has 0 bridgehead atoms. The van der Waals surface area contributed by atoms with Crippen LogP contribution in [0, 0.1) is 0 Å². The number of nitrogens with one attached hydrogen (secondary N) is 2. The van der Waals surface area contributed by atoms with Crippen LogP contribution in [-0.2, 0) is 4.79 Å². The molecule has 1 aliphatic heterocycles. The van der Waals surface area contributed by atoms with Crippen molar-refractivity contribution in [1.82, 2.24) is 10.2 Å².